The molecule has 0 aliphatic rings. The molecule has 3 aromatic heterocycles. The molecule has 2 N–H and O–H groups in total. The summed E-state index contributed by atoms with van der Waals surface area (Å²) >= 11 is 0. The molecule has 3 heterocycles. The summed E-state index contributed by atoms with van der Waals surface area (Å²) < 4.78 is 5.66. The molecule has 12 nitrogen and oxygen atoms in total. The zero-order valence-electron chi connectivity index (χ0n) is 26.8. The molecule has 12 heteroatoms. The fraction of sp³-hybridized carbons (Fsp3) is 0.167. The van der Waals surface area contributed by atoms with Crippen LogP contribution in [0.2, 0.25) is 0 Å². The molecule has 0 saturated heterocycles. The number of nitrogens with zero attached hydrogens (tertiary/aromatic N) is 8. The Morgan fingerprint density at radius 2 is 1.46 bits per heavy atom. The van der Waals surface area contributed by atoms with Gasteiger partial charge in [0, 0.05) is 67.0 Å². The number of nitrogens with one attached hydrogen (secondary N) is 2. The van der Waals surface area contributed by atoms with Crippen molar-refractivity contribution < 1.29 is 9.59 Å². The number of carbonyl (C=O) groups excluding carboxylic acids is 2. The quantitative estimate of drug-likeness (QED) is 0.139. The van der Waals surface area contributed by atoms with Crippen LogP contribution in [-0.2, 0) is 17.9 Å². The highest BCUT2D eigenvalue weighted by Crippen LogP contribution is 2.25. The van der Waals surface area contributed by atoms with Crippen molar-refractivity contribution in [1.29, 1.82) is 0 Å². The largest absolute Gasteiger partial charge is 0.347 e. The minimum Gasteiger partial charge on any atom is -0.347 e. The number of hydrogen-bond donors (Lipinski definition) is 2. The average molecular weight is 641 g/mol. The summed E-state index contributed by atoms with van der Waals surface area (Å²) in [4.78, 5) is 27.7. The van der Waals surface area contributed by atoms with Gasteiger partial charge in [0.25, 0.3) is 5.91 Å². The minimum atomic E-state index is -0.301. The Kier molecular flexibility index (Phi) is 9.92. The van der Waals surface area contributed by atoms with Crippen molar-refractivity contribution in [2.75, 3.05) is 14.1 Å². The molecule has 2 amide bonds. The van der Waals surface area contributed by atoms with Gasteiger partial charge < -0.3 is 9.47 Å². The molecule has 0 atom stereocenters. The number of hydrazone groups is 2. The number of carbonyl (C=O) groups is 2. The lowest BCUT2D eigenvalue weighted by atomic mass is 10.1. The first-order valence-electron chi connectivity index (χ1n) is 15.5. The van der Waals surface area contributed by atoms with E-state index in [2.05, 4.69) is 46.9 Å². The third-order valence-electron chi connectivity index (χ3n) is 7.58. The van der Waals surface area contributed by atoms with Gasteiger partial charge in [-0.2, -0.15) is 20.4 Å². The summed E-state index contributed by atoms with van der Waals surface area (Å²) in [5.74, 6) is -0.461. The highest BCUT2D eigenvalue weighted by atomic mass is 16.2. The first-order valence-corrected chi connectivity index (χ1v) is 15.5. The molecule has 0 aliphatic heterocycles. The molecular formula is C36H36N10O2. The van der Waals surface area contributed by atoms with Gasteiger partial charge in [-0.1, -0.05) is 24.3 Å². The third-order valence-corrected chi connectivity index (χ3v) is 7.58. The molecule has 6 rings (SSSR count). The van der Waals surface area contributed by atoms with Crippen molar-refractivity contribution in [2.24, 2.45) is 10.2 Å². The standard InChI is InChI=1S/C36H36N10O2/c1-43(2)25-30-26-44(17-5-12-35(47)41-37-23-27-8-3-10-31(20-27)45-18-6-15-39-45)34-14-13-29(22-33(30)34)36(48)42-38-24-28-9-4-11-32(21-28)46-19-7-16-40-46/h3-4,6-11,13-16,18-24,26H,5,12,17,25H2,1-2H3,(H,41,47)(H,42,48)/b37-23+,38-24+. The molecule has 48 heavy (non-hydrogen) atoms. The van der Waals surface area contributed by atoms with Crippen LogP contribution in [0.25, 0.3) is 22.3 Å². The van der Waals surface area contributed by atoms with E-state index in [-0.39, 0.29) is 11.8 Å². The van der Waals surface area contributed by atoms with Crippen molar-refractivity contribution >= 4 is 35.1 Å². The number of fused-ring (bicyclic) bond motifs is 1. The van der Waals surface area contributed by atoms with E-state index >= 15 is 0 Å². The van der Waals surface area contributed by atoms with E-state index < -0.39 is 0 Å². The van der Waals surface area contributed by atoms with Crippen molar-refractivity contribution in [3.05, 3.63) is 132 Å². The number of hydrogen-bond acceptors (Lipinski definition) is 7. The Bertz CT molecular complexity index is 2060. The van der Waals surface area contributed by atoms with Crippen LogP contribution in [0.15, 0.2) is 120 Å². The fourth-order valence-corrected chi connectivity index (χ4v) is 5.38. The molecule has 0 fully saturated rings. The molecule has 3 aromatic carbocycles. The molecule has 0 unspecified atom stereocenters. The molecule has 6 aromatic rings. The van der Waals surface area contributed by atoms with E-state index in [1.165, 1.54) is 0 Å². The van der Waals surface area contributed by atoms with E-state index in [1.807, 2.05) is 99.3 Å². The summed E-state index contributed by atoms with van der Waals surface area (Å²) in [6.07, 6.45) is 13.4. The monoisotopic (exact) mass is 640 g/mol. The van der Waals surface area contributed by atoms with Crippen molar-refractivity contribution in [1.82, 2.24) is 39.9 Å². The average Bonchev–Trinajstić information content (AvgIpc) is 3.88. The minimum absolute atomic E-state index is 0.160. The lowest BCUT2D eigenvalue weighted by Crippen LogP contribution is -2.18. The molecule has 0 radical (unpaired) electrons. The molecule has 0 bridgehead atoms. The fourth-order valence-electron chi connectivity index (χ4n) is 5.38. The van der Waals surface area contributed by atoms with Gasteiger partial charge in [-0.15, -0.1) is 0 Å². The van der Waals surface area contributed by atoms with E-state index in [4.69, 9.17) is 0 Å². The normalized spacial score (nSPS) is 11.6. The summed E-state index contributed by atoms with van der Waals surface area (Å²) in [7, 11) is 4.02. The van der Waals surface area contributed by atoms with Crippen molar-refractivity contribution in [2.45, 2.75) is 25.9 Å². The van der Waals surface area contributed by atoms with Gasteiger partial charge >= 0.3 is 0 Å². The SMILES string of the molecule is CN(C)Cc1cn(CCCC(=O)N/N=C/c2cccc(-n3cccn3)c2)c2ccc(C(=O)N/N=C/c3cccc(-n4cccn4)c3)cc12. The molecule has 0 aliphatic carbocycles. The smallest absolute Gasteiger partial charge is 0.271 e. The van der Waals surface area contributed by atoms with Gasteiger partial charge in [0.2, 0.25) is 5.91 Å². The predicted molar refractivity (Wildman–Crippen MR) is 186 cm³/mol. The topological polar surface area (TPSA) is 127 Å². The summed E-state index contributed by atoms with van der Waals surface area (Å²) in [6, 6.07) is 24.8. The van der Waals surface area contributed by atoms with E-state index in [0.717, 1.165) is 39.0 Å². The number of amides is 2. The van der Waals surface area contributed by atoms with Crippen molar-refractivity contribution in [3.8, 4) is 11.4 Å². The van der Waals surface area contributed by atoms with Gasteiger partial charge in [0.05, 0.1) is 23.8 Å². The number of aromatic nitrogens is 5. The highest BCUT2D eigenvalue weighted by Gasteiger charge is 2.14. The van der Waals surface area contributed by atoms with Crippen LogP contribution in [0.3, 0.4) is 0 Å². The Morgan fingerprint density at radius 3 is 2.06 bits per heavy atom. The van der Waals surface area contributed by atoms with Crippen LogP contribution in [-0.4, -0.2) is 67.4 Å². The van der Waals surface area contributed by atoms with Crippen LogP contribution >= 0.6 is 0 Å². The summed E-state index contributed by atoms with van der Waals surface area (Å²) in [5.41, 5.74) is 11.4. The van der Waals surface area contributed by atoms with Gasteiger partial charge in [-0.05, 0) is 91.8 Å². The predicted octanol–water partition coefficient (Wildman–Crippen LogP) is 4.77. The van der Waals surface area contributed by atoms with Gasteiger partial charge in [0.15, 0.2) is 0 Å². The third kappa shape index (κ3) is 7.98. The molecule has 242 valence electrons. The maximum atomic E-state index is 13.1. The van der Waals surface area contributed by atoms with Gasteiger partial charge in [-0.3, -0.25) is 9.59 Å². The van der Waals surface area contributed by atoms with Crippen LogP contribution in [0.1, 0.15) is 39.9 Å². The van der Waals surface area contributed by atoms with Gasteiger partial charge in [-0.25, -0.2) is 20.2 Å². The Labute approximate surface area is 278 Å². The van der Waals surface area contributed by atoms with Gasteiger partial charge in [0.1, 0.15) is 0 Å². The second-order valence-corrected chi connectivity index (χ2v) is 11.5. The molecule has 0 spiro atoms. The number of rotatable bonds is 13. The second-order valence-electron chi connectivity index (χ2n) is 11.5. The molecular weight excluding hydrogens is 604 g/mol. The zero-order valence-corrected chi connectivity index (χ0v) is 26.8. The van der Waals surface area contributed by atoms with Crippen LogP contribution < -0.4 is 10.9 Å². The van der Waals surface area contributed by atoms with Crippen LogP contribution in [0.4, 0.5) is 0 Å². The summed E-state index contributed by atoms with van der Waals surface area (Å²) in [5, 5.41) is 17.8. The summed E-state index contributed by atoms with van der Waals surface area (Å²) in [6.45, 7) is 1.34. The maximum absolute atomic E-state index is 13.1. The first kappa shape index (κ1) is 31.8. The lowest BCUT2D eigenvalue weighted by molar-refractivity contribution is -0.121. The second kappa shape index (κ2) is 15.0. The van der Waals surface area contributed by atoms with E-state index in [0.29, 0.717) is 31.5 Å². The Morgan fingerprint density at radius 1 is 0.812 bits per heavy atom. The Hall–Kier alpha value is -6.14. The number of aryl methyl sites for hydroxylation is 1. The lowest BCUT2D eigenvalue weighted by Gasteiger charge is -2.08. The van der Waals surface area contributed by atoms with Crippen molar-refractivity contribution in [3.63, 3.8) is 0 Å². The number of benzene rings is 3. The van der Waals surface area contributed by atoms with E-state index in [9.17, 15) is 9.59 Å². The maximum Gasteiger partial charge on any atom is 0.271 e. The van der Waals surface area contributed by atoms with E-state index in [1.54, 1.807) is 40.3 Å². The first-order chi connectivity index (χ1) is 23.4. The zero-order chi connectivity index (χ0) is 33.3. The van der Waals surface area contributed by atoms with Crippen LogP contribution in [0.5, 0.6) is 0 Å². The molecule has 0 saturated carbocycles. The highest BCUT2D eigenvalue weighted by molar-refractivity contribution is 5.99. The van der Waals surface area contributed by atoms with Crippen LogP contribution in [0, 0.1) is 0 Å². The Balaban J connectivity index is 1.06.